The Morgan fingerprint density at radius 1 is 1.09 bits per heavy atom. The van der Waals surface area contributed by atoms with Crippen molar-refractivity contribution in [3.8, 4) is 11.3 Å². The number of amides is 1. The number of benzene rings is 1. The molecule has 1 aromatic carbocycles. The van der Waals surface area contributed by atoms with Crippen molar-refractivity contribution in [3.05, 3.63) is 64.6 Å². The summed E-state index contributed by atoms with van der Waals surface area (Å²) < 4.78 is 43.0. The van der Waals surface area contributed by atoms with Gasteiger partial charge in [0.2, 0.25) is 0 Å². The Labute approximate surface area is 189 Å². The molecule has 0 unspecified atom stereocenters. The highest BCUT2D eigenvalue weighted by atomic mass is 19.2. The molecule has 33 heavy (non-hydrogen) atoms. The summed E-state index contributed by atoms with van der Waals surface area (Å²) >= 11 is 0. The van der Waals surface area contributed by atoms with E-state index in [2.05, 4.69) is 15.1 Å². The first-order chi connectivity index (χ1) is 15.8. The van der Waals surface area contributed by atoms with E-state index in [0.29, 0.717) is 17.8 Å². The summed E-state index contributed by atoms with van der Waals surface area (Å²) in [5.74, 6) is -3.96. The first-order valence-corrected chi connectivity index (χ1v) is 11.1. The van der Waals surface area contributed by atoms with Crippen LogP contribution in [0.1, 0.15) is 72.5 Å². The number of nitrogens with zero attached hydrogens (tertiary/aromatic N) is 5. The van der Waals surface area contributed by atoms with Gasteiger partial charge in [-0.3, -0.25) is 9.48 Å². The lowest BCUT2D eigenvalue weighted by molar-refractivity contribution is 0.0385. The summed E-state index contributed by atoms with van der Waals surface area (Å²) in [6.07, 6.45) is 4.42. The summed E-state index contributed by atoms with van der Waals surface area (Å²) in [5, 5.41) is 4.65. The van der Waals surface area contributed by atoms with Gasteiger partial charge < -0.3 is 4.90 Å². The summed E-state index contributed by atoms with van der Waals surface area (Å²) in [6, 6.07) is 3.40. The molecule has 0 radical (unpaired) electrons. The second-order valence-corrected chi connectivity index (χ2v) is 9.09. The number of hydrogen-bond donors (Lipinski definition) is 0. The van der Waals surface area contributed by atoms with Crippen LogP contribution in [0.3, 0.4) is 0 Å². The third-order valence-electron chi connectivity index (χ3n) is 6.67. The Hall–Kier alpha value is -3.23. The van der Waals surface area contributed by atoms with Crippen LogP contribution in [0.2, 0.25) is 0 Å². The van der Waals surface area contributed by atoms with Gasteiger partial charge in [0.05, 0.1) is 17.4 Å². The Bertz CT molecular complexity index is 1230. The fourth-order valence-electron chi connectivity index (χ4n) is 5.14. The topological polar surface area (TPSA) is 63.9 Å². The maximum atomic E-state index is 14.0. The number of carbonyl (C=O) groups is 1. The van der Waals surface area contributed by atoms with Crippen LogP contribution < -0.4 is 0 Å². The van der Waals surface area contributed by atoms with Gasteiger partial charge in [-0.25, -0.2) is 23.1 Å². The van der Waals surface area contributed by atoms with Crippen LogP contribution >= 0.6 is 0 Å². The van der Waals surface area contributed by atoms with E-state index in [1.165, 1.54) is 6.33 Å². The zero-order valence-electron chi connectivity index (χ0n) is 18.6. The van der Waals surface area contributed by atoms with E-state index in [1.807, 2.05) is 18.7 Å². The number of carbonyl (C=O) groups excluding carboxylic acids is 1. The van der Waals surface area contributed by atoms with Crippen molar-refractivity contribution in [2.45, 2.75) is 57.5 Å². The molecule has 5 rings (SSSR count). The second kappa shape index (κ2) is 7.97. The molecule has 0 N–H and O–H groups in total. The second-order valence-electron chi connectivity index (χ2n) is 9.09. The van der Waals surface area contributed by atoms with E-state index in [-0.39, 0.29) is 29.5 Å². The zero-order chi connectivity index (χ0) is 23.4. The Balaban J connectivity index is 1.57. The number of halogens is 3. The lowest BCUT2D eigenvalue weighted by Gasteiger charge is -2.45. The van der Waals surface area contributed by atoms with E-state index >= 15 is 0 Å². The van der Waals surface area contributed by atoms with Crippen molar-refractivity contribution in [3.63, 3.8) is 0 Å². The fourth-order valence-corrected chi connectivity index (χ4v) is 5.14. The molecule has 9 heteroatoms. The number of piperidine rings is 1. The van der Waals surface area contributed by atoms with Crippen molar-refractivity contribution in [2.24, 2.45) is 7.05 Å². The summed E-state index contributed by atoms with van der Waals surface area (Å²) in [5.41, 5.74) is 3.52. The van der Waals surface area contributed by atoms with Crippen molar-refractivity contribution in [1.82, 2.24) is 24.6 Å². The minimum atomic E-state index is -1.49. The minimum Gasteiger partial charge on any atom is -0.325 e. The van der Waals surface area contributed by atoms with Crippen molar-refractivity contribution in [1.29, 1.82) is 0 Å². The quantitative estimate of drug-likeness (QED) is 0.537. The van der Waals surface area contributed by atoms with E-state index in [1.54, 1.807) is 17.8 Å². The van der Waals surface area contributed by atoms with E-state index in [4.69, 9.17) is 0 Å². The average Bonchev–Trinajstić information content (AvgIpc) is 3.12. The van der Waals surface area contributed by atoms with Crippen molar-refractivity contribution in [2.75, 3.05) is 0 Å². The molecule has 172 valence electrons. The molecule has 2 aliphatic heterocycles. The highest BCUT2D eigenvalue weighted by Crippen LogP contribution is 2.45. The first kappa shape index (κ1) is 21.6. The average molecular weight is 455 g/mol. The summed E-state index contributed by atoms with van der Waals surface area (Å²) in [6.45, 7) is 4.02. The van der Waals surface area contributed by atoms with Crippen LogP contribution in [0.4, 0.5) is 13.2 Å². The number of aromatic nitrogens is 4. The predicted molar refractivity (Wildman–Crippen MR) is 115 cm³/mol. The van der Waals surface area contributed by atoms with Gasteiger partial charge in [0.25, 0.3) is 5.91 Å². The maximum absolute atomic E-state index is 14.0. The first-order valence-electron chi connectivity index (χ1n) is 11.1. The summed E-state index contributed by atoms with van der Waals surface area (Å²) in [7, 11) is 1.70. The molecule has 1 amide bonds. The van der Waals surface area contributed by atoms with Gasteiger partial charge in [0, 0.05) is 29.9 Å². The predicted octanol–water partition coefficient (Wildman–Crippen LogP) is 4.71. The molecule has 4 heterocycles. The molecule has 6 nitrogen and oxygen atoms in total. The van der Waals surface area contributed by atoms with Gasteiger partial charge in [-0.05, 0) is 49.8 Å². The fraction of sp³-hybridized carbons (Fsp3) is 0.417. The standard InChI is InChI=1S/C24H24F3N5O/c1-12(2)18-10-19(29-11-28-18)24(33)32-14-5-4-6-20(32)22-15(9-14)23(31(3)30-22)13-7-16(25)21(27)17(26)8-13/h7-8,10-12,14,20H,4-6,9H2,1-3H3/t14-,20+/m0/s1. The van der Waals surface area contributed by atoms with Crippen molar-refractivity contribution < 1.29 is 18.0 Å². The number of hydrogen-bond acceptors (Lipinski definition) is 4. The third kappa shape index (κ3) is 3.50. The normalized spacial score (nSPS) is 19.7. The molecule has 1 saturated heterocycles. The molecule has 2 atom stereocenters. The van der Waals surface area contributed by atoms with Crippen LogP contribution in [0.15, 0.2) is 24.5 Å². The lowest BCUT2D eigenvalue weighted by Crippen LogP contribution is -2.50. The lowest BCUT2D eigenvalue weighted by atomic mass is 9.81. The molecule has 2 bridgehead atoms. The highest BCUT2D eigenvalue weighted by molar-refractivity contribution is 5.93. The monoisotopic (exact) mass is 455 g/mol. The van der Waals surface area contributed by atoms with E-state index < -0.39 is 17.5 Å². The highest BCUT2D eigenvalue weighted by Gasteiger charge is 2.44. The van der Waals surface area contributed by atoms with Crippen molar-refractivity contribution >= 4 is 5.91 Å². The van der Waals surface area contributed by atoms with E-state index in [9.17, 15) is 18.0 Å². The van der Waals surface area contributed by atoms with Gasteiger partial charge >= 0.3 is 0 Å². The van der Waals surface area contributed by atoms with Crippen LogP contribution in [0.25, 0.3) is 11.3 Å². The zero-order valence-corrected chi connectivity index (χ0v) is 18.6. The largest absolute Gasteiger partial charge is 0.325 e. The number of rotatable bonds is 3. The van der Waals surface area contributed by atoms with Gasteiger partial charge in [-0.15, -0.1) is 0 Å². The number of aryl methyl sites for hydroxylation is 1. The Kier molecular flexibility index (Phi) is 5.22. The van der Waals surface area contributed by atoms with Crippen LogP contribution in [-0.4, -0.2) is 36.6 Å². The van der Waals surface area contributed by atoms with Gasteiger partial charge in [0.1, 0.15) is 12.0 Å². The van der Waals surface area contributed by atoms with Crippen LogP contribution in [0.5, 0.6) is 0 Å². The molecular weight excluding hydrogens is 431 g/mol. The smallest absolute Gasteiger partial charge is 0.273 e. The maximum Gasteiger partial charge on any atom is 0.273 e. The molecule has 0 aliphatic carbocycles. The Morgan fingerprint density at radius 3 is 2.52 bits per heavy atom. The van der Waals surface area contributed by atoms with Crippen LogP contribution in [0, 0.1) is 17.5 Å². The molecule has 2 aliphatic rings. The number of fused-ring (bicyclic) bond motifs is 4. The molecule has 2 aromatic heterocycles. The molecule has 0 saturated carbocycles. The Morgan fingerprint density at radius 2 is 1.82 bits per heavy atom. The SMILES string of the molecule is CC(C)c1cc(C(=O)N2[C@H]3CCC[C@@H]2c2nn(C)c(-c4cc(F)c(F)c(F)c4)c2C3)ncn1. The molecular formula is C24H24F3N5O. The molecule has 3 aromatic rings. The van der Waals surface area contributed by atoms with Crippen LogP contribution in [-0.2, 0) is 13.5 Å². The van der Waals surface area contributed by atoms with Gasteiger partial charge in [0.15, 0.2) is 17.5 Å². The van der Waals surface area contributed by atoms with E-state index in [0.717, 1.165) is 48.3 Å². The molecule has 0 spiro atoms. The molecule has 1 fully saturated rings. The van der Waals surface area contributed by atoms with Gasteiger partial charge in [-0.1, -0.05) is 13.8 Å². The third-order valence-corrected chi connectivity index (χ3v) is 6.67. The van der Waals surface area contributed by atoms with Gasteiger partial charge in [-0.2, -0.15) is 5.10 Å². The minimum absolute atomic E-state index is 0.0840. The summed E-state index contributed by atoms with van der Waals surface area (Å²) in [4.78, 5) is 23.9.